The highest BCUT2D eigenvalue weighted by atomic mass is 16.3. The number of unbranched alkanes of at least 4 members (excludes halogenated alkanes) is 13. The molecule has 0 aromatic rings. The van der Waals surface area contributed by atoms with E-state index in [0.717, 1.165) is 17.6 Å². The summed E-state index contributed by atoms with van der Waals surface area (Å²) in [6.45, 7) is 6.64. The number of nitrogens with one attached hydrogen (secondary N) is 1. The van der Waals surface area contributed by atoms with E-state index in [4.69, 9.17) is 0 Å². The van der Waals surface area contributed by atoms with E-state index in [0.29, 0.717) is 6.17 Å². The second kappa shape index (κ2) is 18.0. The summed E-state index contributed by atoms with van der Waals surface area (Å²) in [5.74, 6) is 0. The van der Waals surface area contributed by atoms with Gasteiger partial charge < -0.3 is 10.4 Å². The van der Waals surface area contributed by atoms with E-state index in [2.05, 4.69) is 43.7 Å². The van der Waals surface area contributed by atoms with Gasteiger partial charge in [0.1, 0.15) is 12.7 Å². The van der Waals surface area contributed by atoms with Gasteiger partial charge in [-0.25, -0.2) is 0 Å². The van der Waals surface area contributed by atoms with Gasteiger partial charge in [-0.15, -0.1) is 0 Å². The van der Waals surface area contributed by atoms with Gasteiger partial charge in [0.15, 0.2) is 6.17 Å². The zero-order chi connectivity index (χ0) is 21.0. The molecule has 2 N–H and O–H groups in total. The lowest BCUT2D eigenvalue weighted by Crippen LogP contribution is -2.54. The van der Waals surface area contributed by atoms with Crippen molar-refractivity contribution in [2.24, 2.45) is 0 Å². The molecule has 0 aromatic heterocycles. The minimum absolute atomic E-state index is 0.271. The number of aliphatic hydroxyl groups excluding tert-OH is 1. The van der Waals surface area contributed by atoms with Crippen LogP contribution in [0.25, 0.3) is 0 Å². The lowest BCUT2D eigenvalue weighted by molar-refractivity contribution is -0.900. The molecular weight excluding hydrogens is 356 g/mol. The summed E-state index contributed by atoms with van der Waals surface area (Å²) in [4.78, 5) is 0. The number of likely N-dealkylation sites (N-methyl/N-ethyl adjacent to an activating group) is 1. The number of quaternary nitrogens is 1. The standard InChI is InChI=1S/C26H51N2O/c1-3-5-6-7-8-9-10-11-12-13-14-15-16-17-18-19-20-21-26-27-22-23-28(26,4-2)24-25-29/h6-7,22-23,26-27,29H,3-5,8-21,24-25H2,1-2H3/q+1/b7-6+. The lowest BCUT2D eigenvalue weighted by atomic mass is 10.0. The molecule has 1 aliphatic rings. The molecule has 1 rings (SSSR count). The Morgan fingerprint density at radius 1 is 0.793 bits per heavy atom. The Morgan fingerprint density at radius 3 is 1.90 bits per heavy atom. The smallest absolute Gasteiger partial charge is 0.166 e. The van der Waals surface area contributed by atoms with Gasteiger partial charge in [0.05, 0.1) is 19.4 Å². The van der Waals surface area contributed by atoms with Gasteiger partial charge in [-0.2, -0.15) is 0 Å². The lowest BCUT2D eigenvalue weighted by Gasteiger charge is -2.36. The summed E-state index contributed by atoms with van der Waals surface area (Å²) in [6, 6.07) is 0. The van der Waals surface area contributed by atoms with Gasteiger partial charge in [-0.3, -0.25) is 4.48 Å². The molecule has 0 fully saturated rings. The van der Waals surface area contributed by atoms with Crippen molar-refractivity contribution in [1.82, 2.24) is 5.32 Å². The second-order valence-electron chi connectivity index (χ2n) is 8.94. The van der Waals surface area contributed by atoms with Crippen LogP contribution in [0.3, 0.4) is 0 Å². The Balaban J connectivity index is 1.85. The molecule has 0 aromatic carbocycles. The van der Waals surface area contributed by atoms with Crippen molar-refractivity contribution in [2.45, 2.75) is 123 Å². The van der Waals surface area contributed by atoms with E-state index in [1.807, 2.05) is 0 Å². The average molecular weight is 408 g/mol. The van der Waals surface area contributed by atoms with Crippen LogP contribution in [0.1, 0.15) is 117 Å². The quantitative estimate of drug-likeness (QED) is 0.129. The molecule has 0 radical (unpaired) electrons. The molecule has 1 heterocycles. The van der Waals surface area contributed by atoms with Crippen molar-refractivity contribution < 1.29 is 9.59 Å². The first-order chi connectivity index (χ1) is 14.3. The van der Waals surface area contributed by atoms with E-state index in [9.17, 15) is 5.11 Å². The molecule has 0 saturated heterocycles. The van der Waals surface area contributed by atoms with Gasteiger partial charge in [-0.1, -0.05) is 89.7 Å². The fourth-order valence-electron chi connectivity index (χ4n) is 4.57. The Bertz CT molecular complexity index is 421. The summed E-state index contributed by atoms with van der Waals surface area (Å²) < 4.78 is 0.909. The molecule has 170 valence electrons. The van der Waals surface area contributed by atoms with Crippen LogP contribution in [-0.2, 0) is 0 Å². The zero-order valence-corrected chi connectivity index (χ0v) is 19.7. The Morgan fingerprint density at radius 2 is 1.34 bits per heavy atom. The minimum Gasteiger partial charge on any atom is -0.390 e. The summed E-state index contributed by atoms with van der Waals surface area (Å²) in [5.41, 5.74) is 0. The summed E-state index contributed by atoms with van der Waals surface area (Å²) in [5, 5.41) is 12.9. The second-order valence-corrected chi connectivity index (χ2v) is 8.94. The maximum Gasteiger partial charge on any atom is 0.166 e. The molecule has 1 aliphatic heterocycles. The molecule has 0 spiro atoms. The molecule has 2 atom stereocenters. The van der Waals surface area contributed by atoms with E-state index >= 15 is 0 Å². The first kappa shape index (κ1) is 26.2. The third kappa shape index (κ3) is 11.8. The van der Waals surface area contributed by atoms with E-state index < -0.39 is 0 Å². The minimum atomic E-state index is 0.271. The van der Waals surface area contributed by atoms with Gasteiger partial charge in [0.25, 0.3) is 0 Å². The molecule has 3 heteroatoms. The van der Waals surface area contributed by atoms with E-state index in [-0.39, 0.29) is 6.61 Å². The van der Waals surface area contributed by atoms with Crippen LogP contribution in [0.5, 0.6) is 0 Å². The van der Waals surface area contributed by atoms with Crippen LogP contribution in [0.15, 0.2) is 24.6 Å². The zero-order valence-electron chi connectivity index (χ0n) is 19.7. The van der Waals surface area contributed by atoms with Crippen LogP contribution < -0.4 is 5.32 Å². The largest absolute Gasteiger partial charge is 0.390 e. The maximum absolute atomic E-state index is 9.38. The van der Waals surface area contributed by atoms with Crippen molar-refractivity contribution in [2.75, 3.05) is 19.7 Å². The van der Waals surface area contributed by atoms with Crippen LogP contribution in [0.2, 0.25) is 0 Å². The summed E-state index contributed by atoms with van der Waals surface area (Å²) >= 11 is 0. The Labute approximate surface area is 182 Å². The number of aliphatic hydroxyl groups is 1. The number of nitrogens with zero attached hydrogens (tertiary/aromatic N) is 1. The van der Waals surface area contributed by atoms with Gasteiger partial charge >= 0.3 is 0 Å². The van der Waals surface area contributed by atoms with Crippen molar-refractivity contribution in [3.05, 3.63) is 24.6 Å². The molecular formula is C26H51N2O+. The van der Waals surface area contributed by atoms with Crippen molar-refractivity contribution >= 4 is 0 Å². The highest BCUT2D eigenvalue weighted by molar-refractivity contribution is 4.84. The van der Waals surface area contributed by atoms with Crippen molar-refractivity contribution in [3.8, 4) is 0 Å². The Hall–Kier alpha value is -0.800. The van der Waals surface area contributed by atoms with Crippen molar-refractivity contribution in [1.29, 1.82) is 0 Å². The first-order valence-corrected chi connectivity index (χ1v) is 12.8. The SMILES string of the molecule is CCC/C=C/CCCCCCCCCCCCCCC1NC=C[N+]1(CC)CCO. The van der Waals surface area contributed by atoms with E-state index in [1.165, 1.54) is 103 Å². The third-order valence-corrected chi connectivity index (χ3v) is 6.61. The van der Waals surface area contributed by atoms with E-state index in [1.54, 1.807) is 0 Å². The fraction of sp³-hybridized carbons (Fsp3) is 0.846. The summed E-state index contributed by atoms with van der Waals surface area (Å²) in [7, 11) is 0. The maximum atomic E-state index is 9.38. The van der Waals surface area contributed by atoms with Gasteiger partial charge in [0, 0.05) is 6.42 Å². The predicted octanol–water partition coefficient (Wildman–Crippen LogP) is 7.03. The third-order valence-electron chi connectivity index (χ3n) is 6.61. The van der Waals surface area contributed by atoms with Gasteiger partial charge in [0.2, 0.25) is 0 Å². The van der Waals surface area contributed by atoms with Crippen LogP contribution in [0, 0.1) is 0 Å². The Kier molecular flexibility index (Phi) is 16.3. The number of hydrogen-bond acceptors (Lipinski definition) is 2. The highest BCUT2D eigenvalue weighted by Crippen LogP contribution is 2.23. The number of hydrogen-bond donors (Lipinski definition) is 2. The molecule has 0 aliphatic carbocycles. The fourth-order valence-corrected chi connectivity index (χ4v) is 4.57. The monoisotopic (exact) mass is 407 g/mol. The molecule has 3 nitrogen and oxygen atoms in total. The molecule has 0 saturated carbocycles. The van der Waals surface area contributed by atoms with Crippen LogP contribution in [-0.4, -0.2) is 35.5 Å². The normalized spacial score (nSPS) is 21.3. The first-order valence-electron chi connectivity index (χ1n) is 12.8. The topological polar surface area (TPSA) is 32.3 Å². The molecule has 2 unspecified atom stereocenters. The van der Waals surface area contributed by atoms with Gasteiger partial charge in [-0.05, 0) is 32.6 Å². The summed E-state index contributed by atoms with van der Waals surface area (Å²) in [6.07, 6.45) is 31.4. The molecule has 0 bridgehead atoms. The molecule has 0 amide bonds. The van der Waals surface area contributed by atoms with Crippen LogP contribution >= 0.6 is 0 Å². The van der Waals surface area contributed by atoms with Crippen molar-refractivity contribution in [3.63, 3.8) is 0 Å². The predicted molar refractivity (Wildman–Crippen MR) is 128 cm³/mol. The van der Waals surface area contributed by atoms with Crippen LogP contribution in [0.4, 0.5) is 0 Å². The number of rotatable bonds is 20. The highest BCUT2D eigenvalue weighted by Gasteiger charge is 2.35. The average Bonchev–Trinajstić information content (AvgIpc) is 3.13. The number of allylic oxidation sites excluding steroid dienone is 2. The molecule has 29 heavy (non-hydrogen) atoms.